The van der Waals surface area contributed by atoms with Gasteiger partial charge in [0.2, 0.25) is 5.91 Å². The van der Waals surface area contributed by atoms with Crippen molar-refractivity contribution in [3.05, 3.63) is 58.7 Å². The van der Waals surface area contributed by atoms with Gasteiger partial charge in [0.05, 0.1) is 13.2 Å². The third kappa shape index (κ3) is 11.8. The summed E-state index contributed by atoms with van der Waals surface area (Å²) in [6.07, 6.45) is 8.46. The number of likely N-dealkylation sites (tertiary alicyclic amines) is 1. The molecule has 8 heteroatoms. The number of hydrogen-bond donors (Lipinski definition) is 2. The molecule has 44 heavy (non-hydrogen) atoms. The van der Waals surface area contributed by atoms with E-state index in [9.17, 15) is 9.59 Å². The summed E-state index contributed by atoms with van der Waals surface area (Å²) in [5.41, 5.74) is 5.25. The number of piperidine rings is 1. The van der Waals surface area contributed by atoms with Gasteiger partial charge in [0, 0.05) is 19.0 Å². The van der Waals surface area contributed by atoms with E-state index in [0.29, 0.717) is 12.5 Å². The molecule has 1 heterocycles. The van der Waals surface area contributed by atoms with E-state index in [4.69, 9.17) is 19.3 Å². The maximum Gasteiger partial charge on any atom is 0.329 e. The van der Waals surface area contributed by atoms with E-state index in [-0.39, 0.29) is 18.4 Å². The van der Waals surface area contributed by atoms with Crippen molar-refractivity contribution in [2.45, 2.75) is 85.0 Å². The molecule has 1 unspecified atom stereocenters. The highest BCUT2D eigenvalue weighted by Crippen LogP contribution is 2.42. The van der Waals surface area contributed by atoms with Crippen LogP contribution >= 0.6 is 0 Å². The largest absolute Gasteiger partial charge is 0.494 e. The van der Waals surface area contributed by atoms with Crippen molar-refractivity contribution < 1.29 is 28.9 Å². The number of nitrogens with zero attached hydrogens (tertiary/aromatic N) is 1. The van der Waals surface area contributed by atoms with E-state index < -0.39 is 12.6 Å². The number of carbonyl (C=O) groups excluding carboxylic acids is 1. The predicted octanol–water partition coefficient (Wildman–Crippen LogP) is 6.50. The molecule has 0 saturated carbocycles. The number of carbonyl (C=O) groups is 2. The van der Waals surface area contributed by atoms with E-state index in [1.54, 1.807) is 0 Å². The van der Waals surface area contributed by atoms with Crippen molar-refractivity contribution in [3.63, 3.8) is 0 Å². The quantitative estimate of drug-likeness (QED) is 0.165. The van der Waals surface area contributed by atoms with Gasteiger partial charge >= 0.3 is 5.97 Å². The number of amides is 1. The molecular weight excluding hydrogens is 556 g/mol. The smallest absolute Gasteiger partial charge is 0.329 e. The van der Waals surface area contributed by atoms with Crippen LogP contribution in [-0.2, 0) is 14.3 Å². The van der Waals surface area contributed by atoms with E-state index >= 15 is 0 Å². The van der Waals surface area contributed by atoms with E-state index in [0.717, 1.165) is 95.7 Å². The van der Waals surface area contributed by atoms with Gasteiger partial charge in [-0.05, 0) is 118 Å². The van der Waals surface area contributed by atoms with Crippen LogP contribution in [0.3, 0.4) is 0 Å². The molecule has 1 aliphatic rings. The van der Waals surface area contributed by atoms with Gasteiger partial charge in [0.25, 0.3) is 0 Å². The highest BCUT2D eigenvalue weighted by atomic mass is 16.5. The van der Waals surface area contributed by atoms with Crippen LogP contribution in [0.5, 0.6) is 11.5 Å². The number of aryl methyl sites for hydroxylation is 2. The normalized spacial score (nSPS) is 15.3. The van der Waals surface area contributed by atoms with Crippen molar-refractivity contribution in [2.75, 3.05) is 52.6 Å². The summed E-state index contributed by atoms with van der Waals surface area (Å²) in [5, 5.41) is 11.5. The molecule has 1 amide bonds. The van der Waals surface area contributed by atoms with Gasteiger partial charge in [-0.2, -0.15) is 0 Å². The Balaban J connectivity index is 1.73. The van der Waals surface area contributed by atoms with Gasteiger partial charge in [-0.15, -0.1) is 0 Å². The molecule has 2 aromatic rings. The highest BCUT2D eigenvalue weighted by Gasteiger charge is 2.32. The molecule has 0 bridgehead atoms. The standard InChI is InChI=1S/C36H54N2O6/c1-5-7-20-43-30-15-13-27(3)32(22-30)36(33-23-31(16-14-28(33)4)44-21-8-6-2)29-12-11-19-38(24-29)18-10-9-17-37-34(39)25-42-26-35(40)41/h13-16,22-23,29,36H,5-12,17-21,24-26H2,1-4H3,(H,37,39)(H,40,41). The van der Waals surface area contributed by atoms with E-state index in [1.807, 2.05) is 0 Å². The Morgan fingerprint density at radius 1 is 0.909 bits per heavy atom. The number of hydrogen-bond acceptors (Lipinski definition) is 6. The molecule has 0 aliphatic carbocycles. The Morgan fingerprint density at radius 3 is 2.09 bits per heavy atom. The zero-order valence-electron chi connectivity index (χ0n) is 27.4. The summed E-state index contributed by atoms with van der Waals surface area (Å²) in [4.78, 5) is 25.0. The van der Waals surface area contributed by atoms with Crippen molar-refractivity contribution in [1.29, 1.82) is 0 Å². The third-order valence-corrected chi connectivity index (χ3v) is 8.40. The molecular formula is C36H54N2O6. The minimum atomic E-state index is -1.08. The summed E-state index contributed by atoms with van der Waals surface area (Å²) in [7, 11) is 0. The number of unbranched alkanes of at least 4 members (excludes halogenated alkanes) is 3. The highest BCUT2D eigenvalue weighted by molar-refractivity contribution is 5.77. The van der Waals surface area contributed by atoms with Crippen LogP contribution in [0.2, 0.25) is 0 Å². The van der Waals surface area contributed by atoms with Crippen LogP contribution in [0, 0.1) is 19.8 Å². The minimum absolute atomic E-state index is 0.226. The lowest BCUT2D eigenvalue weighted by molar-refractivity contribution is -0.143. The SMILES string of the molecule is CCCCOc1ccc(C)c(C(c2cc(OCCCC)ccc2C)C2CCCN(CCCCNC(=O)COCC(=O)O)C2)c1. The van der Waals surface area contributed by atoms with Gasteiger partial charge in [0.15, 0.2) is 0 Å². The topological polar surface area (TPSA) is 97.3 Å². The number of carboxylic acid groups (broad SMARTS) is 1. The summed E-state index contributed by atoms with van der Waals surface area (Å²) in [6.45, 7) is 13.2. The van der Waals surface area contributed by atoms with Crippen molar-refractivity contribution in [1.82, 2.24) is 10.2 Å². The first-order chi connectivity index (χ1) is 21.3. The van der Waals surface area contributed by atoms with Gasteiger partial charge in [0.1, 0.15) is 24.7 Å². The van der Waals surface area contributed by atoms with Crippen LogP contribution in [0.15, 0.2) is 36.4 Å². The molecule has 3 rings (SSSR count). The summed E-state index contributed by atoms with van der Waals surface area (Å²) >= 11 is 0. The summed E-state index contributed by atoms with van der Waals surface area (Å²) < 4.78 is 17.2. The first-order valence-corrected chi connectivity index (χ1v) is 16.6. The summed E-state index contributed by atoms with van der Waals surface area (Å²) in [5.74, 6) is 1.21. The maximum atomic E-state index is 11.9. The van der Waals surface area contributed by atoms with Gasteiger partial charge < -0.3 is 29.5 Å². The molecule has 0 radical (unpaired) electrons. The van der Waals surface area contributed by atoms with Crippen LogP contribution in [0.4, 0.5) is 0 Å². The van der Waals surface area contributed by atoms with Crippen molar-refractivity contribution in [2.24, 2.45) is 5.92 Å². The molecule has 1 saturated heterocycles. The van der Waals surface area contributed by atoms with E-state index in [1.165, 1.54) is 22.3 Å². The lowest BCUT2D eigenvalue weighted by Gasteiger charge is -2.38. The van der Waals surface area contributed by atoms with Gasteiger partial charge in [-0.25, -0.2) is 4.79 Å². The minimum Gasteiger partial charge on any atom is -0.494 e. The maximum absolute atomic E-state index is 11.9. The first-order valence-electron chi connectivity index (χ1n) is 16.6. The molecule has 1 atom stereocenters. The van der Waals surface area contributed by atoms with Gasteiger partial charge in [-0.1, -0.05) is 38.8 Å². The molecule has 244 valence electrons. The van der Waals surface area contributed by atoms with Crippen molar-refractivity contribution >= 4 is 11.9 Å². The van der Waals surface area contributed by atoms with Gasteiger partial charge in [-0.3, -0.25) is 4.79 Å². The number of aliphatic carboxylic acids is 1. The average Bonchev–Trinajstić information content (AvgIpc) is 3.00. The number of rotatable bonds is 20. The lowest BCUT2D eigenvalue weighted by atomic mass is 9.74. The molecule has 2 aromatic carbocycles. The Kier molecular flexibility index (Phi) is 15.5. The second-order valence-corrected chi connectivity index (χ2v) is 12.1. The first kappa shape index (κ1) is 35.4. The Morgan fingerprint density at radius 2 is 1.52 bits per heavy atom. The molecule has 8 nitrogen and oxygen atoms in total. The Labute approximate surface area is 264 Å². The summed E-state index contributed by atoms with van der Waals surface area (Å²) in [6, 6.07) is 13.2. The molecule has 2 N–H and O–H groups in total. The zero-order valence-corrected chi connectivity index (χ0v) is 27.4. The fourth-order valence-electron chi connectivity index (χ4n) is 5.97. The number of benzene rings is 2. The lowest BCUT2D eigenvalue weighted by Crippen LogP contribution is -2.39. The van der Waals surface area contributed by atoms with Crippen molar-refractivity contribution in [3.8, 4) is 11.5 Å². The molecule has 0 spiro atoms. The fourth-order valence-corrected chi connectivity index (χ4v) is 5.97. The average molecular weight is 611 g/mol. The number of ether oxygens (including phenoxy) is 3. The second kappa shape index (κ2) is 19.3. The number of nitrogens with one attached hydrogen (secondary N) is 1. The van der Waals surface area contributed by atoms with Crippen LogP contribution in [-0.4, -0.2) is 74.5 Å². The molecule has 0 aromatic heterocycles. The fraction of sp³-hybridized carbons (Fsp3) is 0.611. The number of carboxylic acids is 1. The van der Waals surface area contributed by atoms with Crippen LogP contribution in [0.1, 0.15) is 93.4 Å². The van der Waals surface area contributed by atoms with Crippen LogP contribution < -0.4 is 14.8 Å². The van der Waals surface area contributed by atoms with Crippen LogP contribution in [0.25, 0.3) is 0 Å². The predicted molar refractivity (Wildman–Crippen MR) is 175 cm³/mol. The molecule has 1 fully saturated rings. The molecule has 1 aliphatic heterocycles. The zero-order chi connectivity index (χ0) is 31.7. The van der Waals surface area contributed by atoms with E-state index in [2.05, 4.69) is 74.3 Å². The second-order valence-electron chi connectivity index (χ2n) is 12.1. The Hall–Kier alpha value is -3.10. The monoisotopic (exact) mass is 610 g/mol. The third-order valence-electron chi connectivity index (χ3n) is 8.40. The Bertz CT molecular complexity index is 1110.